The van der Waals surface area contributed by atoms with Gasteiger partial charge in [-0.25, -0.2) is 19.2 Å². The molecule has 0 aliphatic rings. The molecule has 0 fully saturated rings. The van der Waals surface area contributed by atoms with Gasteiger partial charge in [0.25, 0.3) is 0 Å². The minimum absolute atomic E-state index is 0.122. The molecular formula is C84H58O8. The first-order valence-electron chi connectivity index (χ1n) is 30.2. The van der Waals surface area contributed by atoms with Crippen molar-refractivity contribution in [3.05, 3.63) is 371 Å². The Morgan fingerprint density at radius 3 is 0.435 bits per heavy atom. The fourth-order valence-corrected chi connectivity index (χ4v) is 13.0. The highest BCUT2D eigenvalue weighted by molar-refractivity contribution is 6.07. The zero-order valence-electron chi connectivity index (χ0n) is 49.6. The lowest BCUT2D eigenvalue weighted by molar-refractivity contribution is 0.0687. The minimum atomic E-state index is -1.10. The van der Waals surface area contributed by atoms with Crippen LogP contribution in [-0.4, -0.2) is 44.3 Å². The summed E-state index contributed by atoms with van der Waals surface area (Å²) in [4.78, 5) is 55.4. The van der Waals surface area contributed by atoms with Crippen molar-refractivity contribution in [3.63, 3.8) is 0 Å². The van der Waals surface area contributed by atoms with Gasteiger partial charge in [0, 0.05) is 11.8 Å². The van der Waals surface area contributed by atoms with E-state index in [0.717, 1.165) is 33.4 Å². The molecule has 0 heterocycles. The SMILES string of the molecule is O=C(O)c1c(-c2ccccc2)cc(C(c2ccc(C(c3cc(-c4ccccc4)c(C(=O)O)c(-c4ccccc4)c3)c3cc(-c4ccccc4)c(C(=O)O)c(-c4ccccc4)c3)cc2)c2cc(-c3ccccc3)c(C(=O)O)c(-c3ccccc3)c2)cc1-c1ccccc1. The minimum Gasteiger partial charge on any atom is -0.478 e. The van der Waals surface area contributed by atoms with Crippen molar-refractivity contribution in [2.45, 2.75) is 11.8 Å². The number of hydrogen-bond donors (Lipinski definition) is 4. The van der Waals surface area contributed by atoms with Gasteiger partial charge in [0.1, 0.15) is 0 Å². The molecule has 0 spiro atoms. The number of hydrogen-bond acceptors (Lipinski definition) is 4. The highest BCUT2D eigenvalue weighted by atomic mass is 16.4. The van der Waals surface area contributed by atoms with Crippen LogP contribution in [-0.2, 0) is 0 Å². The first kappa shape index (κ1) is 58.7. The van der Waals surface area contributed by atoms with Crippen molar-refractivity contribution < 1.29 is 39.6 Å². The largest absolute Gasteiger partial charge is 0.478 e. The molecule has 0 saturated heterocycles. The van der Waals surface area contributed by atoms with Gasteiger partial charge in [0.2, 0.25) is 0 Å². The van der Waals surface area contributed by atoms with Crippen LogP contribution in [0, 0.1) is 0 Å². The Morgan fingerprint density at radius 2 is 0.315 bits per heavy atom. The van der Waals surface area contributed by atoms with E-state index in [1.807, 2.05) is 291 Å². The molecule has 442 valence electrons. The van der Waals surface area contributed by atoms with E-state index in [1.165, 1.54) is 0 Å². The Hall–Kier alpha value is -12.3. The Balaban J connectivity index is 1.13. The van der Waals surface area contributed by atoms with Gasteiger partial charge >= 0.3 is 23.9 Å². The van der Waals surface area contributed by atoms with Crippen LogP contribution >= 0.6 is 0 Å². The number of carboxylic acids is 4. The summed E-state index contributed by atoms with van der Waals surface area (Å²) in [7, 11) is 0. The Labute approximate surface area is 532 Å². The fraction of sp³-hybridized carbons (Fsp3) is 0.0238. The Kier molecular flexibility index (Phi) is 16.5. The van der Waals surface area contributed by atoms with Crippen LogP contribution in [0.15, 0.2) is 315 Å². The zero-order chi connectivity index (χ0) is 63.2. The molecule has 0 atom stereocenters. The van der Waals surface area contributed by atoms with E-state index in [1.54, 1.807) is 0 Å². The fourth-order valence-electron chi connectivity index (χ4n) is 13.0. The third kappa shape index (κ3) is 11.7. The molecule has 0 amide bonds. The van der Waals surface area contributed by atoms with Gasteiger partial charge in [-0.05, 0) is 171 Å². The maximum atomic E-state index is 13.8. The number of benzene rings is 13. The van der Waals surface area contributed by atoms with Crippen LogP contribution in [0.1, 0.15) is 86.6 Å². The molecule has 8 heteroatoms. The molecule has 4 N–H and O–H groups in total. The molecular weight excluding hydrogens is 1140 g/mol. The Bertz CT molecular complexity index is 4020. The first-order chi connectivity index (χ1) is 45.0. The van der Waals surface area contributed by atoms with E-state index in [2.05, 4.69) is 24.3 Å². The molecule has 0 saturated carbocycles. The second-order valence-corrected chi connectivity index (χ2v) is 22.6. The molecule has 0 unspecified atom stereocenters. The second kappa shape index (κ2) is 25.8. The number of carboxylic acid groups (broad SMARTS) is 4. The van der Waals surface area contributed by atoms with Crippen molar-refractivity contribution in [1.29, 1.82) is 0 Å². The maximum absolute atomic E-state index is 13.8. The lowest BCUT2D eigenvalue weighted by Gasteiger charge is -2.27. The van der Waals surface area contributed by atoms with Crippen LogP contribution in [0.4, 0.5) is 0 Å². The standard InChI is InChI=1S/C84H58O8/c85-81(86)77-67(53-25-9-1-10-26-53)45-63(46-68(77)54-27-11-2-12-28-54)75(64-47-69(55-29-13-3-14-30-55)78(82(87)88)70(48-64)56-31-15-4-16-32-56)61-41-43-62(44-42-61)76(65-49-71(57-33-17-5-18-34-57)79(83(89)90)72(50-65)58-35-19-6-20-36-58)66-51-73(59-37-21-7-22-38-59)80(84(91)92)74(52-66)60-39-23-8-24-40-60/h1-52,75-76H,(H,85,86)(H,87,88)(H,89,90)(H,91,92). The van der Waals surface area contributed by atoms with Crippen LogP contribution in [0.2, 0.25) is 0 Å². The smallest absolute Gasteiger partial charge is 0.336 e. The molecule has 8 nitrogen and oxygen atoms in total. The van der Waals surface area contributed by atoms with Crippen LogP contribution in [0.25, 0.3) is 89.0 Å². The van der Waals surface area contributed by atoms with Gasteiger partial charge in [-0.2, -0.15) is 0 Å². The van der Waals surface area contributed by atoms with E-state index in [0.29, 0.717) is 89.0 Å². The summed E-state index contributed by atoms with van der Waals surface area (Å²) in [5.74, 6) is -5.81. The summed E-state index contributed by atoms with van der Waals surface area (Å²) < 4.78 is 0. The van der Waals surface area contributed by atoms with Gasteiger partial charge in [0.15, 0.2) is 0 Å². The van der Waals surface area contributed by atoms with Crippen molar-refractivity contribution in [1.82, 2.24) is 0 Å². The first-order valence-corrected chi connectivity index (χ1v) is 30.2. The normalized spacial score (nSPS) is 11.2. The average molecular weight is 1200 g/mol. The second-order valence-electron chi connectivity index (χ2n) is 22.6. The molecule has 0 aliphatic carbocycles. The van der Waals surface area contributed by atoms with Crippen LogP contribution in [0.5, 0.6) is 0 Å². The van der Waals surface area contributed by atoms with Gasteiger partial charge in [-0.3, -0.25) is 0 Å². The summed E-state index contributed by atoms with van der Waals surface area (Å²) in [5, 5.41) is 45.2. The molecule has 0 radical (unpaired) electrons. The topological polar surface area (TPSA) is 149 Å². The number of rotatable bonds is 18. The highest BCUT2D eigenvalue weighted by Crippen LogP contribution is 2.48. The molecule has 13 aromatic rings. The quantitative estimate of drug-likeness (QED) is 0.0621. The van der Waals surface area contributed by atoms with Crippen molar-refractivity contribution in [3.8, 4) is 89.0 Å². The monoisotopic (exact) mass is 1190 g/mol. The summed E-state index contributed by atoms with van der Waals surface area (Å²) in [6, 6.07) is 99.4. The van der Waals surface area contributed by atoms with Gasteiger partial charge in [-0.15, -0.1) is 0 Å². The summed E-state index contributed by atoms with van der Waals surface area (Å²) in [5.41, 5.74) is 14.4. The van der Waals surface area contributed by atoms with Crippen molar-refractivity contribution in [2.75, 3.05) is 0 Å². The van der Waals surface area contributed by atoms with E-state index in [9.17, 15) is 39.6 Å². The third-order valence-electron chi connectivity index (χ3n) is 17.1. The molecule has 0 bridgehead atoms. The summed E-state index contributed by atoms with van der Waals surface area (Å²) >= 11 is 0. The molecule has 13 rings (SSSR count). The van der Waals surface area contributed by atoms with Crippen molar-refractivity contribution >= 4 is 23.9 Å². The molecule has 92 heavy (non-hydrogen) atoms. The van der Waals surface area contributed by atoms with Crippen LogP contribution in [0.3, 0.4) is 0 Å². The summed E-state index contributed by atoms with van der Waals surface area (Å²) in [6.45, 7) is 0. The van der Waals surface area contributed by atoms with Crippen molar-refractivity contribution in [2.24, 2.45) is 0 Å². The van der Waals surface area contributed by atoms with E-state index in [4.69, 9.17) is 0 Å². The molecule has 0 aliphatic heterocycles. The third-order valence-corrected chi connectivity index (χ3v) is 17.1. The van der Waals surface area contributed by atoms with Gasteiger partial charge < -0.3 is 20.4 Å². The molecule has 13 aromatic carbocycles. The lowest BCUT2D eigenvalue weighted by atomic mass is 9.76. The highest BCUT2D eigenvalue weighted by Gasteiger charge is 2.31. The van der Waals surface area contributed by atoms with E-state index >= 15 is 0 Å². The maximum Gasteiger partial charge on any atom is 0.336 e. The van der Waals surface area contributed by atoms with E-state index in [-0.39, 0.29) is 22.3 Å². The Morgan fingerprint density at radius 1 is 0.185 bits per heavy atom. The molecule has 0 aromatic heterocycles. The lowest BCUT2D eigenvalue weighted by Crippen LogP contribution is -2.12. The number of aromatic carboxylic acids is 4. The zero-order valence-corrected chi connectivity index (χ0v) is 49.6. The van der Waals surface area contributed by atoms with E-state index < -0.39 is 35.7 Å². The predicted molar refractivity (Wildman–Crippen MR) is 365 cm³/mol. The summed E-state index contributed by atoms with van der Waals surface area (Å²) in [6.07, 6.45) is 0. The average Bonchev–Trinajstić information content (AvgIpc) is 0.782. The predicted octanol–water partition coefficient (Wildman–Crippen LogP) is 20.2. The van der Waals surface area contributed by atoms with Gasteiger partial charge in [-0.1, -0.05) is 267 Å². The van der Waals surface area contributed by atoms with Gasteiger partial charge in [0.05, 0.1) is 22.3 Å². The number of carbonyl (C=O) groups is 4. The van der Waals surface area contributed by atoms with Crippen LogP contribution < -0.4 is 0 Å².